The van der Waals surface area contributed by atoms with Crippen molar-refractivity contribution in [2.45, 2.75) is 26.9 Å². The van der Waals surface area contributed by atoms with Gasteiger partial charge in [0.2, 0.25) is 0 Å². The number of hydrogen-bond donors (Lipinski definition) is 2. The second-order valence-electron chi connectivity index (χ2n) is 6.43. The molecule has 0 bridgehead atoms. The van der Waals surface area contributed by atoms with Gasteiger partial charge in [0.25, 0.3) is 5.91 Å². The van der Waals surface area contributed by atoms with Gasteiger partial charge in [-0.1, -0.05) is 24.3 Å². The van der Waals surface area contributed by atoms with Gasteiger partial charge in [-0.15, -0.1) is 0 Å². The van der Waals surface area contributed by atoms with Crippen LogP contribution in [0.4, 0.5) is 0 Å². The third-order valence-electron chi connectivity index (χ3n) is 4.24. The molecule has 2 rings (SSSR count). The van der Waals surface area contributed by atoms with E-state index in [1.54, 1.807) is 7.11 Å². The predicted molar refractivity (Wildman–Crippen MR) is 114 cm³/mol. The van der Waals surface area contributed by atoms with Crippen LogP contribution in [0, 0.1) is 0 Å². The third kappa shape index (κ3) is 6.30. The van der Waals surface area contributed by atoms with Crippen LogP contribution in [-0.2, 0) is 13.1 Å². The largest absolute Gasteiger partial charge is 0.497 e. The summed E-state index contributed by atoms with van der Waals surface area (Å²) in [4.78, 5) is 18.7. The minimum atomic E-state index is -0.0508. The second-order valence-corrected chi connectivity index (χ2v) is 6.43. The molecule has 0 saturated carbocycles. The molecule has 2 N–H and O–H groups in total. The standard InChI is InChI=1S/C22H30N4O2/c1-5-23-21(27)19-11-7-17(8-12-19)15-25-22(24-6-2)26(3)16-18-9-13-20(28-4)14-10-18/h7-14H,5-6,15-16H2,1-4H3,(H,23,27)(H,24,25). The highest BCUT2D eigenvalue weighted by atomic mass is 16.5. The number of methoxy groups -OCH3 is 1. The number of hydrogen-bond acceptors (Lipinski definition) is 3. The van der Waals surface area contributed by atoms with E-state index in [9.17, 15) is 4.79 Å². The van der Waals surface area contributed by atoms with Crippen LogP contribution in [0.3, 0.4) is 0 Å². The first kappa shape index (κ1) is 21.3. The first-order chi connectivity index (χ1) is 13.6. The monoisotopic (exact) mass is 382 g/mol. The summed E-state index contributed by atoms with van der Waals surface area (Å²) in [5.74, 6) is 1.64. The lowest BCUT2D eigenvalue weighted by Crippen LogP contribution is -2.38. The van der Waals surface area contributed by atoms with Gasteiger partial charge in [-0.05, 0) is 49.2 Å². The van der Waals surface area contributed by atoms with Crippen LogP contribution in [-0.4, -0.2) is 44.0 Å². The molecule has 6 heteroatoms. The molecule has 0 saturated heterocycles. The minimum Gasteiger partial charge on any atom is -0.497 e. The van der Waals surface area contributed by atoms with Gasteiger partial charge < -0.3 is 20.3 Å². The highest BCUT2D eigenvalue weighted by Crippen LogP contribution is 2.13. The molecule has 0 fully saturated rings. The molecule has 0 atom stereocenters. The Morgan fingerprint density at radius 1 is 0.964 bits per heavy atom. The third-order valence-corrected chi connectivity index (χ3v) is 4.24. The second kappa shape index (κ2) is 11.0. The lowest BCUT2D eigenvalue weighted by Gasteiger charge is -2.22. The molecule has 0 spiro atoms. The molecule has 0 aliphatic carbocycles. The number of guanidine groups is 1. The van der Waals surface area contributed by atoms with Crippen molar-refractivity contribution in [1.82, 2.24) is 15.5 Å². The number of nitrogens with one attached hydrogen (secondary N) is 2. The molecule has 0 aliphatic rings. The summed E-state index contributed by atoms with van der Waals surface area (Å²) in [5, 5.41) is 6.13. The topological polar surface area (TPSA) is 66.0 Å². The Morgan fingerprint density at radius 3 is 2.14 bits per heavy atom. The van der Waals surface area contributed by atoms with Gasteiger partial charge in [0, 0.05) is 32.2 Å². The van der Waals surface area contributed by atoms with E-state index in [-0.39, 0.29) is 5.91 Å². The molecule has 0 unspecified atom stereocenters. The Labute approximate surface area is 167 Å². The Balaban J connectivity index is 2.02. The van der Waals surface area contributed by atoms with E-state index >= 15 is 0 Å². The van der Waals surface area contributed by atoms with E-state index in [0.29, 0.717) is 18.7 Å². The van der Waals surface area contributed by atoms with Gasteiger partial charge in [-0.25, -0.2) is 4.99 Å². The molecular formula is C22H30N4O2. The Hall–Kier alpha value is -3.02. The van der Waals surface area contributed by atoms with Crippen molar-refractivity contribution < 1.29 is 9.53 Å². The maximum Gasteiger partial charge on any atom is 0.251 e. The number of rotatable bonds is 8. The van der Waals surface area contributed by atoms with Crippen molar-refractivity contribution in [3.05, 3.63) is 65.2 Å². The van der Waals surface area contributed by atoms with E-state index in [1.807, 2.05) is 50.4 Å². The van der Waals surface area contributed by atoms with Gasteiger partial charge in [-0.2, -0.15) is 0 Å². The first-order valence-electron chi connectivity index (χ1n) is 9.56. The zero-order valence-corrected chi connectivity index (χ0v) is 17.2. The van der Waals surface area contributed by atoms with Crippen molar-refractivity contribution in [2.75, 3.05) is 27.2 Å². The summed E-state index contributed by atoms with van der Waals surface area (Å²) in [7, 11) is 3.68. The quantitative estimate of drug-likeness (QED) is 0.544. The normalized spacial score (nSPS) is 11.1. The van der Waals surface area contributed by atoms with Gasteiger partial charge in [-0.3, -0.25) is 4.79 Å². The van der Waals surface area contributed by atoms with E-state index in [0.717, 1.165) is 30.4 Å². The number of benzene rings is 2. The fourth-order valence-corrected chi connectivity index (χ4v) is 2.74. The van der Waals surface area contributed by atoms with Crippen LogP contribution in [0.1, 0.15) is 35.3 Å². The molecule has 150 valence electrons. The number of nitrogens with zero attached hydrogens (tertiary/aromatic N) is 2. The molecule has 2 aromatic carbocycles. The average molecular weight is 383 g/mol. The lowest BCUT2D eigenvalue weighted by molar-refractivity contribution is 0.0956. The van der Waals surface area contributed by atoms with E-state index in [1.165, 1.54) is 5.56 Å². The van der Waals surface area contributed by atoms with E-state index < -0.39 is 0 Å². The fraction of sp³-hybridized carbons (Fsp3) is 0.364. The van der Waals surface area contributed by atoms with E-state index in [2.05, 4.69) is 34.6 Å². The number of ether oxygens (including phenoxy) is 1. The lowest BCUT2D eigenvalue weighted by atomic mass is 10.1. The summed E-state index contributed by atoms with van der Waals surface area (Å²) in [6.07, 6.45) is 0. The first-order valence-corrected chi connectivity index (χ1v) is 9.56. The summed E-state index contributed by atoms with van der Waals surface area (Å²) in [6, 6.07) is 15.6. The van der Waals surface area contributed by atoms with Crippen molar-refractivity contribution in [2.24, 2.45) is 4.99 Å². The fourth-order valence-electron chi connectivity index (χ4n) is 2.74. The number of carbonyl (C=O) groups excluding carboxylic acids is 1. The summed E-state index contributed by atoms with van der Waals surface area (Å²) < 4.78 is 5.21. The van der Waals surface area contributed by atoms with E-state index in [4.69, 9.17) is 9.73 Å². The number of carbonyl (C=O) groups is 1. The number of amides is 1. The van der Waals surface area contributed by atoms with Crippen LogP contribution >= 0.6 is 0 Å². The van der Waals surface area contributed by atoms with Crippen LogP contribution in [0.2, 0.25) is 0 Å². The zero-order chi connectivity index (χ0) is 20.4. The number of aliphatic imine (C=N–C) groups is 1. The molecule has 0 aliphatic heterocycles. The van der Waals surface area contributed by atoms with Crippen LogP contribution in [0.25, 0.3) is 0 Å². The van der Waals surface area contributed by atoms with Crippen LogP contribution in [0.15, 0.2) is 53.5 Å². The zero-order valence-electron chi connectivity index (χ0n) is 17.2. The predicted octanol–water partition coefficient (Wildman–Crippen LogP) is 3.04. The molecule has 0 aromatic heterocycles. The molecule has 1 amide bonds. The van der Waals surface area contributed by atoms with Crippen molar-refractivity contribution in [3.8, 4) is 5.75 Å². The molecule has 0 heterocycles. The summed E-state index contributed by atoms with van der Waals surface area (Å²) in [6.45, 7) is 6.67. The molecule has 0 radical (unpaired) electrons. The average Bonchev–Trinajstić information content (AvgIpc) is 2.72. The Kier molecular flexibility index (Phi) is 8.34. The SMILES string of the molecule is CCNC(=O)c1ccc(CN=C(NCC)N(C)Cc2ccc(OC)cc2)cc1. The summed E-state index contributed by atoms with van der Waals surface area (Å²) in [5.41, 5.74) is 2.90. The maximum absolute atomic E-state index is 11.8. The van der Waals surface area contributed by atoms with Gasteiger partial charge in [0.05, 0.1) is 13.7 Å². The van der Waals surface area contributed by atoms with Crippen LogP contribution in [0.5, 0.6) is 5.75 Å². The van der Waals surface area contributed by atoms with Crippen molar-refractivity contribution in [3.63, 3.8) is 0 Å². The highest BCUT2D eigenvalue weighted by molar-refractivity contribution is 5.94. The Bertz CT molecular complexity index is 770. The van der Waals surface area contributed by atoms with Gasteiger partial charge in [0.15, 0.2) is 5.96 Å². The van der Waals surface area contributed by atoms with Crippen molar-refractivity contribution >= 4 is 11.9 Å². The highest BCUT2D eigenvalue weighted by Gasteiger charge is 2.08. The van der Waals surface area contributed by atoms with Crippen LogP contribution < -0.4 is 15.4 Å². The maximum atomic E-state index is 11.8. The molecular weight excluding hydrogens is 352 g/mol. The van der Waals surface area contributed by atoms with Crippen molar-refractivity contribution in [1.29, 1.82) is 0 Å². The van der Waals surface area contributed by atoms with Gasteiger partial charge >= 0.3 is 0 Å². The minimum absolute atomic E-state index is 0.0508. The molecule has 2 aromatic rings. The Morgan fingerprint density at radius 2 is 1.57 bits per heavy atom. The molecule has 6 nitrogen and oxygen atoms in total. The smallest absolute Gasteiger partial charge is 0.251 e. The molecule has 28 heavy (non-hydrogen) atoms. The summed E-state index contributed by atoms with van der Waals surface area (Å²) >= 11 is 0. The van der Waals surface area contributed by atoms with Gasteiger partial charge in [0.1, 0.15) is 5.75 Å².